The van der Waals surface area contributed by atoms with Gasteiger partial charge >= 0.3 is 12.1 Å². The average molecular weight is 376 g/mol. The van der Waals surface area contributed by atoms with Crippen LogP contribution in [0.15, 0.2) is 30.5 Å². The lowest BCUT2D eigenvalue weighted by molar-refractivity contribution is -0.149. The number of esters is 1. The number of aromatic nitrogens is 1. The predicted molar refractivity (Wildman–Crippen MR) is 108 cm³/mol. The zero-order valence-corrected chi connectivity index (χ0v) is 17.4. The van der Waals surface area contributed by atoms with Crippen molar-refractivity contribution in [2.24, 2.45) is 0 Å². The molecule has 2 aromatic rings. The molecule has 150 valence electrons. The van der Waals surface area contributed by atoms with E-state index in [1.165, 1.54) is 0 Å². The van der Waals surface area contributed by atoms with Crippen molar-refractivity contribution in [3.8, 4) is 0 Å². The van der Waals surface area contributed by atoms with E-state index < -0.39 is 23.7 Å². The fourth-order valence-electron chi connectivity index (χ4n) is 2.42. The first-order valence-corrected chi connectivity index (χ1v) is 9.40. The Hall–Kier alpha value is -2.50. The van der Waals surface area contributed by atoms with Gasteiger partial charge in [0.1, 0.15) is 11.6 Å². The second-order valence-corrected chi connectivity index (χ2v) is 7.29. The molecule has 1 heterocycles. The molecule has 0 fully saturated rings. The smallest absolute Gasteiger partial charge is 0.408 e. The van der Waals surface area contributed by atoms with Crippen LogP contribution in [0.1, 0.15) is 54.0 Å². The molecular formula is C21H32N2O4. The summed E-state index contributed by atoms with van der Waals surface area (Å²) in [7, 11) is 0. The van der Waals surface area contributed by atoms with Gasteiger partial charge in [0.15, 0.2) is 0 Å². The van der Waals surface area contributed by atoms with Gasteiger partial charge in [-0.15, -0.1) is 0 Å². The number of alkyl carbamates (subject to hydrolysis) is 1. The van der Waals surface area contributed by atoms with Gasteiger partial charge in [0.2, 0.25) is 0 Å². The summed E-state index contributed by atoms with van der Waals surface area (Å²) in [4.78, 5) is 27.6. The number of hydrogen-bond acceptors (Lipinski definition) is 4. The SMILES string of the molecule is CC.CC(C)OC(=O)[C@@H](Cc1ccc2[nH]ccc2c1)NC(=O)OC(C)(C)C. The molecule has 0 spiro atoms. The zero-order valence-electron chi connectivity index (χ0n) is 17.4. The predicted octanol–water partition coefficient (Wildman–Crippen LogP) is 4.58. The molecule has 0 aliphatic heterocycles. The molecule has 0 saturated carbocycles. The van der Waals surface area contributed by atoms with Crippen LogP contribution in [0, 0.1) is 0 Å². The lowest BCUT2D eigenvalue weighted by Crippen LogP contribution is -2.46. The van der Waals surface area contributed by atoms with Crippen molar-refractivity contribution in [1.82, 2.24) is 10.3 Å². The summed E-state index contributed by atoms with van der Waals surface area (Å²) < 4.78 is 10.5. The second kappa shape index (κ2) is 10.00. The van der Waals surface area contributed by atoms with Gasteiger partial charge in [0, 0.05) is 18.1 Å². The van der Waals surface area contributed by atoms with Crippen LogP contribution in [0.3, 0.4) is 0 Å². The number of benzene rings is 1. The fraction of sp³-hybridized carbons (Fsp3) is 0.524. The van der Waals surface area contributed by atoms with Crippen LogP contribution in [-0.2, 0) is 20.7 Å². The van der Waals surface area contributed by atoms with Crippen molar-refractivity contribution in [2.75, 3.05) is 0 Å². The zero-order chi connectivity index (χ0) is 20.6. The number of rotatable bonds is 5. The first-order valence-electron chi connectivity index (χ1n) is 9.40. The normalized spacial score (nSPS) is 12.1. The molecule has 0 aliphatic carbocycles. The summed E-state index contributed by atoms with van der Waals surface area (Å²) in [5.74, 6) is -0.477. The van der Waals surface area contributed by atoms with E-state index in [9.17, 15) is 9.59 Å². The highest BCUT2D eigenvalue weighted by atomic mass is 16.6. The van der Waals surface area contributed by atoms with Crippen molar-refractivity contribution in [1.29, 1.82) is 0 Å². The lowest BCUT2D eigenvalue weighted by Gasteiger charge is -2.23. The summed E-state index contributed by atoms with van der Waals surface area (Å²) in [6.45, 7) is 12.9. The first-order chi connectivity index (χ1) is 12.6. The van der Waals surface area contributed by atoms with Gasteiger partial charge in [-0.2, -0.15) is 0 Å². The number of fused-ring (bicyclic) bond motifs is 1. The monoisotopic (exact) mass is 376 g/mol. The van der Waals surface area contributed by atoms with Crippen molar-refractivity contribution < 1.29 is 19.1 Å². The number of carbonyl (C=O) groups is 2. The quantitative estimate of drug-likeness (QED) is 0.749. The molecule has 27 heavy (non-hydrogen) atoms. The Morgan fingerprint density at radius 2 is 1.81 bits per heavy atom. The summed E-state index contributed by atoms with van der Waals surface area (Å²) in [6, 6.07) is 7.00. The van der Waals surface area contributed by atoms with Gasteiger partial charge < -0.3 is 19.8 Å². The van der Waals surface area contributed by atoms with Crippen LogP contribution in [0.5, 0.6) is 0 Å². The summed E-state index contributed by atoms with van der Waals surface area (Å²) >= 11 is 0. The Labute approximate surface area is 161 Å². The maximum Gasteiger partial charge on any atom is 0.408 e. The maximum atomic E-state index is 12.4. The van der Waals surface area contributed by atoms with E-state index >= 15 is 0 Å². The first kappa shape index (κ1) is 22.5. The standard InChI is InChI=1S/C19H26N2O4.C2H6/c1-12(2)24-17(22)16(21-18(23)25-19(3,4)5)11-13-6-7-15-14(10-13)8-9-20-15;1-2/h6-10,12,16,20H,11H2,1-5H3,(H,21,23);1-2H3/t16-;/m1./s1. The van der Waals surface area contributed by atoms with Gasteiger partial charge in [0.25, 0.3) is 0 Å². The Balaban J connectivity index is 0.00000176. The summed E-state index contributed by atoms with van der Waals surface area (Å²) in [5.41, 5.74) is 1.31. The Morgan fingerprint density at radius 3 is 2.41 bits per heavy atom. The molecule has 0 unspecified atom stereocenters. The van der Waals surface area contributed by atoms with Crippen molar-refractivity contribution in [2.45, 2.75) is 72.6 Å². The van der Waals surface area contributed by atoms with Crippen molar-refractivity contribution >= 4 is 23.0 Å². The number of H-pyrrole nitrogens is 1. The molecule has 0 radical (unpaired) electrons. The Morgan fingerprint density at radius 1 is 1.15 bits per heavy atom. The van der Waals surface area contributed by atoms with Gasteiger partial charge in [-0.3, -0.25) is 0 Å². The third kappa shape index (κ3) is 7.72. The van der Waals surface area contributed by atoms with Crippen molar-refractivity contribution in [3.05, 3.63) is 36.0 Å². The molecule has 0 bridgehead atoms. The molecule has 0 saturated heterocycles. The lowest BCUT2D eigenvalue weighted by atomic mass is 10.0. The molecule has 6 heteroatoms. The molecule has 1 amide bonds. The molecule has 1 aromatic carbocycles. The van der Waals surface area contributed by atoms with E-state index in [4.69, 9.17) is 9.47 Å². The van der Waals surface area contributed by atoms with Crippen molar-refractivity contribution in [3.63, 3.8) is 0 Å². The number of hydrogen-bond donors (Lipinski definition) is 2. The third-order valence-electron chi connectivity index (χ3n) is 3.38. The number of carbonyl (C=O) groups excluding carboxylic acids is 2. The molecular weight excluding hydrogens is 344 g/mol. The summed E-state index contributed by atoms with van der Waals surface area (Å²) in [6.07, 6.45) is 1.28. The number of nitrogens with one attached hydrogen (secondary N) is 2. The second-order valence-electron chi connectivity index (χ2n) is 7.29. The Bertz CT molecular complexity index is 744. The molecule has 2 rings (SSSR count). The molecule has 0 aliphatic rings. The number of aromatic amines is 1. The van der Waals surface area contributed by atoms with E-state index in [1.54, 1.807) is 34.6 Å². The third-order valence-corrected chi connectivity index (χ3v) is 3.38. The minimum absolute atomic E-state index is 0.261. The minimum atomic E-state index is -0.811. The molecule has 6 nitrogen and oxygen atoms in total. The average Bonchev–Trinajstić information content (AvgIpc) is 3.01. The van der Waals surface area contributed by atoms with E-state index in [0.29, 0.717) is 6.42 Å². The van der Waals surface area contributed by atoms with Crippen LogP contribution in [0.25, 0.3) is 10.9 Å². The molecule has 1 atom stereocenters. The van der Waals surface area contributed by atoms with Crippen LogP contribution >= 0.6 is 0 Å². The van der Waals surface area contributed by atoms with E-state index in [0.717, 1.165) is 16.5 Å². The van der Waals surface area contributed by atoms with E-state index in [2.05, 4.69) is 10.3 Å². The van der Waals surface area contributed by atoms with Crippen LogP contribution in [0.4, 0.5) is 4.79 Å². The van der Waals surface area contributed by atoms with Crippen LogP contribution in [-0.4, -0.2) is 34.8 Å². The highest BCUT2D eigenvalue weighted by Crippen LogP contribution is 2.16. The maximum absolute atomic E-state index is 12.4. The van der Waals surface area contributed by atoms with Gasteiger partial charge in [0.05, 0.1) is 6.10 Å². The van der Waals surface area contributed by atoms with E-state index in [1.807, 2.05) is 44.3 Å². The largest absolute Gasteiger partial charge is 0.461 e. The topological polar surface area (TPSA) is 80.4 Å². The molecule has 2 N–H and O–H groups in total. The van der Waals surface area contributed by atoms with Crippen LogP contribution < -0.4 is 5.32 Å². The minimum Gasteiger partial charge on any atom is -0.461 e. The van der Waals surface area contributed by atoms with Gasteiger partial charge in [-0.05, 0) is 63.8 Å². The highest BCUT2D eigenvalue weighted by Gasteiger charge is 2.26. The Kier molecular flexibility index (Phi) is 8.34. The number of ether oxygens (including phenoxy) is 2. The van der Waals surface area contributed by atoms with E-state index in [-0.39, 0.29) is 6.10 Å². The fourth-order valence-corrected chi connectivity index (χ4v) is 2.42. The van der Waals surface area contributed by atoms with Gasteiger partial charge in [-0.25, -0.2) is 9.59 Å². The van der Waals surface area contributed by atoms with Crippen LogP contribution in [0.2, 0.25) is 0 Å². The molecule has 1 aromatic heterocycles. The summed E-state index contributed by atoms with van der Waals surface area (Å²) in [5, 5.41) is 3.67. The number of amides is 1. The highest BCUT2D eigenvalue weighted by molar-refractivity contribution is 5.83. The van der Waals surface area contributed by atoms with Gasteiger partial charge in [-0.1, -0.05) is 19.9 Å².